The van der Waals surface area contributed by atoms with Gasteiger partial charge in [0, 0.05) is 26.3 Å². The highest BCUT2D eigenvalue weighted by Gasteiger charge is 2.35. The van der Waals surface area contributed by atoms with Gasteiger partial charge in [-0.1, -0.05) is 11.6 Å². The van der Waals surface area contributed by atoms with Crippen molar-refractivity contribution in [1.29, 1.82) is 0 Å². The molecule has 1 saturated heterocycles. The molecule has 1 aromatic rings. The van der Waals surface area contributed by atoms with Crippen LogP contribution in [0.5, 0.6) is 0 Å². The van der Waals surface area contributed by atoms with Gasteiger partial charge in [0.1, 0.15) is 5.82 Å². The second kappa shape index (κ2) is 5.75. The van der Waals surface area contributed by atoms with Gasteiger partial charge in [-0.3, -0.25) is 4.79 Å². The number of aliphatic hydroxyl groups is 1. The molecule has 0 spiro atoms. The Balaban J connectivity index is 2.08. The van der Waals surface area contributed by atoms with Gasteiger partial charge in [0.05, 0.1) is 17.0 Å². The predicted octanol–water partition coefficient (Wildman–Crippen LogP) is 1.20. The smallest absolute Gasteiger partial charge is 0.222 e. The van der Waals surface area contributed by atoms with E-state index in [0.717, 1.165) is 18.8 Å². The number of anilines is 1. The summed E-state index contributed by atoms with van der Waals surface area (Å²) in [6.45, 7) is 1.24. The Labute approximate surface area is 117 Å². The molecule has 2 heterocycles. The summed E-state index contributed by atoms with van der Waals surface area (Å²) in [5, 5.41) is 13.6. The molecule has 1 aromatic heterocycles. The van der Waals surface area contributed by atoms with E-state index in [0.29, 0.717) is 18.0 Å². The third kappa shape index (κ3) is 3.58. The zero-order valence-corrected chi connectivity index (χ0v) is 11.7. The minimum atomic E-state index is -0.986. The third-order valence-corrected chi connectivity index (χ3v) is 3.58. The topological polar surface area (TPSA) is 65.5 Å². The minimum Gasteiger partial charge on any atom is -0.388 e. The summed E-state index contributed by atoms with van der Waals surface area (Å²) < 4.78 is 0. The summed E-state index contributed by atoms with van der Waals surface area (Å²) in [5.74, 6) is 0.632. The molecule has 1 amide bonds. The van der Waals surface area contributed by atoms with Crippen molar-refractivity contribution in [2.75, 3.05) is 25.0 Å². The second-order valence-electron chi connectivity index (χ2n) is 4.93. The fraction of sp³-hybridized carbons (Fsp3) is 0.538. The highest BCUT2D eigenvalue weighted by atomic mass is 35.5. The summed E-state index contributed by atoms with van der Waals surface area (Å²) in [4.78, 5) is 17.7. The van der Waals surface area contributed by atoms with Gasteiger partial charge < -0.3 is 15.3 Å². The molecular formula is C13H18ClN3O2. The van der Waals surface area contributed by atoms with Gasteiger partial charge >= 0.3 is 0 Å². The Morgan fingerprint density at radius 2 is 2.42 bits per heavy atom. The van der Waals surface area contributed by atoms with Gasteiger partial charge in [-0.2, -0.15) is 0 Å². The first-order valence-electron chi connectivity index (χ1n) is 6.32. The number of hydrogen-bond donors (Lipinski definition) is 2. The van der Waals surface area contributed by atoms with E-state index in [2.05, 4.69) is 10.3 Å². The number of hydrogen-bond acceptors (Lipinski definition) is 4. The lowest BCUT2D eigenvalue weighted by molar-refractivity contribution is -0.125. The van der Waals surface area contributed by atoms with Gasteiger partial charge in [-0.05, 0) is 25.0 Å². The van der Waals surface area contributed by atoms with E-state index >= 15 is 0 Å². The normalized spacial score (nSPS) is 23.2. The van der Waals surface area contributed by atoms with Crippen molar-refractivity contribution in [3.8, 4) is 0 Å². The van der Waals surface area contributed by atoms with Crippen LogP contribution in [-0.2, 0) is 4.79 Å². The van der Waals surface area contributed by atoms with E-state index in [9.17, 15) is 9.90 Å². The van der Waals surface area contributed by atoms with E-state index in [1.54, 1.807) is 19.3 Å². The molecule has 1 fully saturated rings. The van der Waals surface area contributed by atoms with Gasteiger partial charge in [0.2, 0.25) is 5.91 Å². The Kier molecular flexibility index (Phi) is 4.27. The monoisotopic (exact) mass is 283 g/mol. The Morgan fingerprint density at radius 3 is 3.05 bits per heavy atom. The summed E-state index contributed by atoms with van der Waals surface area (Å²) in [6.07, 6.45) is 3.17. The quantitative estimate of drug-likeness (QED) is 0.875. The molecule has 0 aliphatic carbocycles. The lowest BCUT2D eigenvalue weighted by Crippen LogP contribution is -2.50. The zero-order valence-electron chi connectivity index (χ0n) is 10.9. The van der Waals surface area contributed by atoms with Crippen LogP contribution in [0.15, 0.2) is 18.3 Å². The first kappa shape index (κ1) is 14.1. The molecule has 2 rings (SSSR count). The molecule has 104 valence electrons. The van der Waals surface area contributed by atoms with Crippen molar-refractivity contribution in [1.82, 2.24) is 10.3 Å². The number of halogens is 1. The molecule has 1 aliphatic heterocycles. The van der Waals surface area contributed by atoms with Crippen LogP contribution in [0.4, 0.5) is 5.82 Å². The van der Waals surface area contributed by atoms with Crippen molar-refractivity contribution in [2.24, 2.45) is 0 Å². The van der Waals surface area contributed by atoms with Crippen LogP contribution in [0.3, 0.4) is 0 Å². The number of aromatic nitrogens is 1. The lowest BCUT2D eigenvalue weighted by atomic mass is 9.89. The molecule has 1 atom stereocenters. The Bertz CT molecular complexity index is 452. The first-order valence-corrected chi connectivity index (χ1v) is 6.70. The zero-order chi connectivity index (χ0) is 13.9. The van der Waals surface area contributed by atoms with Gasteiger partial charge in [0.25, 0.3) is 0 Å². The van der Waals surface area contributed by atoms with E-state index in [4.69, 9.17) is 11.6 Å². The van der Waals surface area contributed by atoms with Crippen LogP contribution >= 0.6 is 11.6 Å². The number of carbonyl (C=O) groups excluding carboxylic acids is 1. The van der Waals surface area contributed by atoms with Crippen LogP contribution in [0, 0.1) is 0 Å². The molecule has 6 heteroatoms. The van der Waals surface area contributed by atoms with E-state index in [1.807, 2.05) is 11.0 Å². The molecule has 2 N–H and O–H groups in total. The van der Waals surface area contributed by atoms with Gasteiger partial charge in [0.15, 0.2) is 0 Å². The maximum Gasteiger partial charge on any atom is 0.222 e. The first-order chi connectivity index (χ1) is 9.02. The number of piperidine rings is 1. The van der Waals surface area contributed by atoms with Crippen molar-refractivity contribution >= 4 is 23.3 Å². The minimum absolute atomic E-state index is 0.119. The van der Waals surface area contributed by atoms with Crippen molar-refractivity contribution in [3.63, 3.8) is 0 Å². The average molecular weight is 284 g/mol. The largest absolute Gasteiger partial charge is 0.388 e. The van der Waals surface area contributed by atoms with E-state index in [1.165, 1.54) is 0 Å². The van der Waals surface area contributed by atoms with Crippen molar-refractivity contribution < 1.29 is 9.90 Å². The number of amides is 1. The van der Waals surface area contributed by atoms with Crippen LogP contribution in [0.2, 0.25) is 5.02 Å². The SMILES string of the molecule is CNC(=O)CC1(O)CCCN(c2ccc(Cl)cn2)C1. The van der Waals surface area contributed by atoms with Crippen molar-refractivity contribution in [3.05, 3.63) is 23.4 Å². The van der Waals surface area contributed by atoms with E-state index in [-0.39, 0.29) is 12.3 Å². The lowest BCUT2D eigenvalue weighted by Gasteiger charge is -2.39. The Morgan fingerprint density at radius 1 is 1.63 bits per heavy atom. The molecule has 0 bridgehead atoms. The van der Waals surface area contributed by atoms with Crippen LogP contribution in [0.25, 0.3) is 0 Å². The standard InChI is InChI=1S/C13H18ClN3O2/c1-15-12(18)7-13(19)5-2-6-17(9-13)11-4-3-10(14)8-16-11/h3-4,8,19H,2,5-7,9H2,1H3,(H,15,18). The second-order valence-corrected chi connectivity index (χ2v) is 5.37. The molecule has 19 heavy (non-hydrogen) atoms. The number of rotatable bonds is 3. The van der Waals surface area contributed by atoms with Crippen molar-refractivity contribution in [2.45, 2.75) is 24.9 Å². The molecule has 1 unspecified atom stereocenters. The summed E-state index contributed by atoms with van der Waals surface area (Å²) in [5.41, 5.74) is -0.986. The fourth-order valence-corrected chi connectivity index (χ4v) is 2.51. The van der Waals surface area contributed by atoms with Gasteiger partial charge in [-0.25, -0.2) is 4.98 Å². The maximum atomic E-state index is 11.5. The van der Waals surface area contributed by atoms with Crippen LogP contribution < -0.4 is 10.2 Å². The fourth-order valence-electron chi connectivity index (χ4n) is 2.39. The van der Waals surface area contributed by atoms with E-state index < -0.39 is 5.60 Å². The molecule has 0 saturated carbocycles. The van der Waals surface area contributed by atoms with Crippen LogP contribution in [0.1, 0.15) is 19.3 Å². The maximum absolute atomic E-state index is 11.5. The number of nitrogens with zero attached hydrogens (tertiary/aromatic N) is 2. The van der Waals surface area contributed by atoms with Crippen LogP contribution in [-0.4, -0.2) is 41.7 Å². The van der Waals surface area contributed by atoms with Gasteiger partial charge in [-0.15, -0.1) is 0 Å². The average Bonchev–Trinajstić information content (AvgIpc) is 2.39. The number of carbonyl (C=O) groups is 1. The predicted molar refractivity (Wildman–Crippen MR) is 74.3 cm³/mol. The number of pyridine rings is 1. The summed E-state index contributed by atoms with van der Waals surface area (Å²) in [6, 6.07) is 3.60. The molecular weight excluding hydrogens is 266 g/mol. The highest BCUT2D eigenvalue weighted by molar-refractivity contribution is 6.30. The molecule has 0 radical (unpaired) electrons. The number of β-amino-alcohol motifs (C(OH)–C–C–N with tert-alkyl or cyclic N) is 1. The Hall–Kier alpha value is -1.33. The summed E-state index contributed by atoms with van der Waals surface area (Å²) in [7, 11) is 1.58. The highest BCUT2D eigenvalue weighted by Crippen LogP contribution is 2.27. The summed E-state index contributed by atoms with van der Waals surface area (Å²) >= 11 is 5.81. The molecule has 0 aromatic carbocycles. The third-order valence-electron chi connectivity index (χ3n) is 3.36. The number of nitrogens with one attached hydrogen (secondary N) is 1. The molecule has 5 nitrogen and oxygen atoms in total. The molecule has 1 aliphatic rings.